The molecule has 0 aliphatic heterocycles. The van der Waals surface area contributed by atoms with Gasteiger partial charge in [0, 0.05) is 4.88 Å². The van der Waals surface area contributed by atoms with Crippen molar-refractivity contribution in [2.75, 3.05) is 6.54 Å². The van der Waals surface area contributed by atoms with E-state index in [9.17, 15) is 0 Å². The summed E-state index contributed by atoms with van der Waals surface area (Å²) in [7, 11) is 0. The molecule has 0 bridgehead atoms. The Morgan fingerprint density at radius 3 is 2.62 bits per heavy atom. The molecule has 1 fully saturated rings. The molecule has 2 rings (SSSR count). The lowest BCUT2D eigenvalue weighted by Crippen LogP contribution is -2.33. The summed E-state index contributed by atoms with van der Waals surface area (Å²) in [5.41, 5.74) is 5.66. The molecule has 0 saturated heterocycles. The van der Waals surface area contributed by atoms with Crippen LogP contribution in [0.5, 0.6) is 0 Å². The summed E-state index contributed by atoms with van der Waals surface area (Å²) in [6.45, 7) is 0.851. The summed E-state index contributed by atoms with van der Waals surface area (Å²) in [6.07, 6.45) is 3.84. The number of hydrogen-bond donors (Lipinski definition) is 1. The van der Waals surface area contributed by atoms with Gasteiger partial charge in [-0.15, -0.1) is 11.3 Å². The fourth-order valence-corrected chi connectivity index (χ4v) is 3.12. The van der Waals surface area contributed by atoms with Crippen LogP contribution in [0.25, 0.3) is 0 Å². The Hall–Kier alpha value is -0.0500. The largest absolute Gasteiger partial charge is 0.330 e. The van der Waals surface area contributed by atoms with Crippen LogP contribution in [0, 0.1) is 11.8 Å². The molecule has 1 heterocycles. The van der Waals surface area contributed by atoms with Crippen LogP contribution >= 0.6 is 22.9 Å². The molecular weight excluding hydrogens is 202 g/mol. The van der Waals surface area contributed by atoms with E-state index < -0.39 is 0 Å². The highest BCUT2D eigenvalue weighted by atomic mass is 35.5. The Morgan fingerprint density at radius 2 is 2.15 bits per heavy atom. The van der Waals surface area contributed by atoms with Gasteiger partial charge >= 0.3 is 0 Å². The van der Waals surface area contributed by atoms with E-state index in [1.54, 1.807) is 11.3 Å². The second-order valence-electron chi connectivity index (χ2n) is 3.74. The van der Waals surface area contributed by atoms with Crippen molar-refractivity contribution in [3.63, 3.8) is 0 Å². The smallest absolute Gasteiger partial charge is 0.0931 e. The predicted molar refractivity (Wildman–Crippen MR) is 58.3 cm³/mol. The fourth-order valence-electron chi connectivity index (χ4n) is 1.94. The van der Waals surface area contributed by atoms with Crippen molar-refractivity contribution in [2.24, 2.45) is 17.6 Å². The van der Waals surface area contributed by atoms with Crippen LogP contribution in [-0.4, -0.2) is 6.54 Å². The van der Waals surface area contributed by atoms with Gasteiger partial charge in [0.15, 0.2) is 0 Å². The van der Waals surface area contributed by atoms with Crippen LogP contribution in [-0.2, 0) is 6.42 Å². The van der Waals surface area contributed by atoms with Crippen LogP contribution in [0.4, 0.5) is 0 Å². The lowest BCUT2D eigenvalue weighted by atomic mass is 9.72. The van der Waals surface area contributed by atoms with Gasteiger partial charge in [-0.25, -0.2) is 0 Å². The normalized spacial score (nSPS) is 27.2. The van der Waals surface area contributed by atoms with E-state index in [1.807, 2.05) is 6.07 Å². The van der Waals surface area contributed by atoms with Gasteiger partial charge in [-0.3, -0.25) is 0 Å². The van der Waals surface area contributed by atoms with Crippen LogP contribution in [0.15, 0.2) is 12.1 Å². The molecule has 1 aromatic heterocycles. The number of thiophene rings is 1. The molecule has 1 saturated carbocycles. The van der Waals surface area contributed by atoms with Crippen LogP contribution in [0.1, 0.15) is 17.7 Å². The maximum atomic E-state index is 5.87. The molecule has 3 heteroatoms. The van der Waals surface area contributed by atoms with Crippen LogP contribution in [0.2, 0.25) is 4.34 Å². The second kappa shape index (κ2) is 3.99. The summed E-state index contributed by atoms with van der Waals surface area (Å²) in [4.78, 5) is 1.41. The highest BCUT2D eigenvalue weighted by molar-refractivity contribution is 7.16. The molecule has 0 amide bonds. The lowest BCUT2D eigenvalue weighted by Gasteiger charge is -2.35. The van der Waals surface area contributed by atoms with Crippen molar-refractivity contribution >= 4 is 22.9 Å². The molecule has 1 aliphatic carbocycles. The topological polar surface area (TPSA) is 26.0 Å². The number of halogens is 1. The van der Waals surface area contributed by atoms with Gasteiger partial charge in [-0.1, -0.05) is 11.6 Å². The van der Waals surface area contributed by atoms with Gasteiger partial charge in [-0.2, -0.15) is 0 Å². The van der Waals surface area contributed by atoms with E-state index >= 15 is 0 Å². The molecule has 1 aliphatic rings. The first-order valence-electron chi connectivity index (χ1n) is 4.74. The van der Waals surface area contributed by atoms with Gasteiger partial charge in [0.25, 0.3) is 0 Å². The van der Waals surface area contributed by atoms with E-state index in [0.29, 0.717) is 0 Å². The zero-order valence-corrected chi connectivity index (χ0v) is 9.07. The van der Waals surface area contributed by atoms with Crippen molar-refractivity contribution in [3.8, 4) is 0 Å². The van der Waals surface area contributed by atoms with Crippen molar-refractivity contribution in [3.05, 3.63) is 21.3 Å². The van der Waals surface area contributed by atoms with Crippen molar-refractivity contribution in [2.45, 2.75) is 19.3 Å². The third-order valence-electron chi connectivity index (χ3n) is 2.97. The first kappa shape index (κ1) is 9.50. The number of hydrogen-bond acceptors (Lipinski definition) is 2. The average molecular weight is 216 g/mol. The Bertz CT molecular complexity index is 282. The van der Waals surface area contributed by atoms with E-state index in [0.717, 1.165) is 22.7 Å². The SMILES string of the molecule is NCC1CCC1Cc1ccc(Cl)s1. The third kappa shape index (κ3) is 2.06. The molecular formula is C10H14ClNS. The molecule has 1 nitrogen and oxygen atoms in total. The molecule has 2 N–H and O–H groups in total. The predicted octanol–water partition coefficient (Wildman–Crippen LogP) is 2.93. The number of nitrogens with two attached hydrogens (primary N) is 1. The summed E-state index contributed by atoms with van der Waals surface area (Å²) in [6, 6.07) is 4.12. The van der Waals surface area contributed by atoms with Gasteiger partial charge in [0.2, 0.25) is 0 Å². The molecule has 0 radical (unpaired) electrons. The highest BCUT2D eigenvalue weighted by Gasteiger charge is 2.29. The third-order valence-corrected chi connectivity index (χ3v) is 4.22. The van der Waals surface area contributed by atoms with E-state index in [1.165, 1.54) is 24.1 Å². The standard InChI is InChI=1S/C10H14ClNS/c11-10-4-3-9(13-10)5-7-1-2-8(7)6-12/h3-4,7-8H,1-2,5-6,12H2. The first-order chi connectivity index (χ1) is 6.29. The maximum Gasteiger partial charge on any atom is 0.0931 e. The Kier molecular flexibility index (Phi) is 2.92. The minimum absolute atomic E-state index is 0.765. The first-order valence-corrected chi connectivity index (χ1v) is 5.93. The van der Waals surface area contributed by atoms with Crippen molar-refractivity contribution in [1.29, 1.82) is 0 Å². The fraction of sp³-hybridized carbons (Fsp3) is 0.600. The van der Waals surface area contributed by atoms with Gasteiger partial charge in [-0.05, 0) is 49.8 Å². The average Bonchev–Trinajstić information content (AvgIpc) is 2.46. The quantitative estimate of drug-likeness (QED) is 0.825. The molecule has 2 atom stereocenters. The van der Waals surface area contributed by atoms with E-state index in [4.69, 9.17) is 17.3 Å². The minimum atomic E-state index is 0.765. The Labute approximate surface area is 87.9 Å². The summed E-state index contributed by atoms with van der Waals surface area (Å²) >= 11 is 7.57. The minimum Gasteiger partial charge on any atom is -0.330 e. The van der Waals surface area contributed by atoms with Crippen molar-refractivity contribution in [1.82, 2.24) is 0 Å². The van der Waals surface area contributed by atoms with E-state index in [2.05, 4.69) is 6.07 Å². The molecule has 2 unspecified atom stereocenters. The van der Waals surface area contributed by atoms with E-state index in [-0.39, 0.29) is 0 Å². The summed E-state index contributed by atoms with van der Waals surface area (Å²) < 4.78 is 0.902. The van der Waals surface area contributed by atoms with Crippen LogP contribution < -0.4 is 5.73 Å². The zero-order chi connectivity index (χ0) is 9.26. The van der Waals surface area contributed by atoms with Crippen LogP contribution in [0.3, 0.4) is 0 Å². The summed E-state index contributed by atoms with van der Waals surface area (Å²) in [5, 5.41) is 0. The lowest BCUT2D eigenvalue weighted by molar-refractivity contribution is 0.184. The summed E-state index contributed by atoms with van der Waals surface area (Å²) in [5.74, 6) is 1.58. The zero-order valence-electron chi connectivity index (χ0n) is 7.50. The molecule has 13 heavy (non-hydrogen) atoms. The molecule has 72 valence electrons. The monoisotopic (exact) mass is 215 g/mol. The second-order valence-corrected chi connectivity index (χ2v) is 5.54. The number of rotatable bonds is 3. The Morgan fingerprint density at radius 1 is 1.38 bits per heavy atom. The van der Waals surface area contributed by atoms with Gasteiger partial charge < -0.3 is 5.73 Å². The highest BCUT2D eigenvalue weighted by Crippen LogP contribution is 2.37. The molecule has 0 aromatic carbocycles. The van der Waals surface area contributed by atoms with Gasteiger partial charge in [0.1, 0.15) is 0 Å². The van der Waals surface area contributed by atoms with Gasteiger partial charge in [0.05, 0.1) is 4.34 Å². The molecule has 0 spiro atoms. The maximum absolute atomic E-state index is 5.87. The molecule has 1 aromatic rings. The van der Waals surface area contributed by atoms with Crippen molar-refractivity contribution < 1.29 is 0 Å². The Balaban J connectivity index is 1.91.